The molecule has 6 heteroatoms. The third kappa shape index (κ3) is 17.3. The van der Waals surface area contributed by atoms with Crippen molar-refractivity contribution in [3.63, 3.8) is 0 Å². The molecule has 4 aliphatic carbocycles. The molecule has 0 N–H and O–H groups in total. The van der Waals surface area contributed by atoms with E-state index < -0.39 is 6.10 Å². The summed E-state index contributed by atoms with van der Waals surface area (Å²) in [6.07, 6.45) is 45.2. The van der Waals surface area contributed by atoms with Crippen molar-refractivity contribution in [2.45, 2.75) is 270 Å². The van der Waals surface area contributed by atoms with E-state index in [0.29, 0.717) is 47.4 Å². The van der Waals surface area contributed by atoms with Crippen molar-refractivity contribution in [3.05, 3.63) is 11.6 Å². The van der Waals surface area contributed by atoms with E-state index in [1.807, 2.05) is 11.8 Å². The number of rotatable bonds is 34. The minimum absolute atomic E-state index is 0.0785. The van der Waals surface area contributed by atoms with Crippen molar-refractivity contribution in [3.8, 4) is 0 Å². The SMILES string of the molecule is CCCCCCCCCCCCCCCC(=O)OCC(CS[C@H]1CC[C@@]2(C)C(=CC[C@@H]3[C@@H]2CC[C@]2(C)C(=O)CC[C@@H]32)C1)OC(=O)CCCCCCCCCCCCCCC. The maximum absolute atomic E-state index is 13.1. The van der Waals surface area contributed by atoms with E-state index in [1.54, 1.807) is 5.57 Å². The van der Waals surface area contributed by atoms with Gasteiger partial charge in [0.2, 0.25) is 0 Å². The Kier molecular flexibility index (Phi) is 25.0. The van der Waals surface area contributed by atoms with Crippen LogP contribution in [-0.4, -0.2) is 41.4 Å². The number of hydrogen-bond donors (Lipinski definition) is 0. The highest BCUT2D eigenvalue weighted by Crippen LogP contribution is 2.64. The predicted molar refractivity (Wildman–Crippen MR) is 254 cm³/mol. The highest BCUT2D eigenvalue weighted by atomic mass is 32.2. The van der Waals surface area contributed by atoms with Crippen molar-refractivity contribution in [1.29, 1.82) is 0 Å². The van der Waals surface area contributed by atoms with Gasteiger partial charge in [0.25, 0.3) is 0 Å². The molecule has 346 valence electrons. The van der Waals surface area contributed by atoms with Crippen LogP contribution in [0.2, 0.25) is 0 Å². The molecule has 0 bridgehead atoms. The fraction of sp³-hybridized carbons (Fsp3) is 0.907. The zero-order chi connectivity index (χ0) is 42.9. The average molecular weight is 855 g/mol. The number of ether oxygens (including phenoxy) is 2. The van der Waals surface area contributed by atoms with E-state index in [0.717, 1.165) is 57.8 Å². The van der Waals surface area contributed by atoms with Crippen molar-refractivity contribution in [2.24, 2.45) is 28.6 Å². The minimum atomic E-state index is -0.394. The van der Waals surface area contributed by atoms with Gasteiger partial charge < -0.3 is 9.47 Å². The van der Waals surface area contributed by atoms with Gasteiger partial charge in [-0.2, -0.15) is 11.8 Å². The predicted octanol–water partition coefficient (Wildman–Crippen LogP) is 16.0. The molecule has 0 aromatic rings. The van der Waals surface area contributed by atoms with Crippen LogP contribution in [0.5, 0.6) is 0 Å². The van der Waals surface area contributed by atoms with Gasteiger partial charge in [0, 0.05) is 35.7 Å². The Morgan fingerprint density at radius 2 is 1.10 bits per heavy atom. The summed E-state index contributed by atoms with van der Waals surface area (Å²) in [7, 11) is 0. The molecule has 0 aromatic carbocycles. The number of unbranched alkanes of at least 4 members (excludes halogenated alkanes) is 24. The van der Waals surface area contributed by atoms with Gasteiger partial charge in [-0.15, -0.1) is 0 Å². The van der Waals surface area contributed by atoms with E-state index in [4.69, 9.17) is 9.47 Å². The van der Waals surface area contributed by atoms with Crippen molar-refractivity contribution >= 4 is 29.5 Å². The third-order valence-corrected chi connectivity index (χ3v) is 17.4. The second kappa shape index (κ2) is 29.2. The van der Waals surface area contributed by atoms with E-state index in [2.05, 4.69) is 33.8 Å². The molecule has 0 heterocycles. The van der Waals surface area contributed by atoms with Crippen molar-refractivity contribution in [1.82, 2.24) is 0 Å². The van der Waals surface area contributed by atoms with Gasteiger partial charge in [0.1, 0.15) is 18.5 Å². The molecule has 4 aliphatic rings. The monoisotopic (exact) mass is 855 g/mol. The molecule has 3 fully saturated rings. The highest BCUT2D eigenvalue weighted by Gasteiger charge is 2.58. The van der Waals surface area contributed by atoms with E-state index in [9.17, 15) is 14.4 Å². The summed E-state index contributed by atoms with van der Waals surface area (Å²) < 4.78 is 11.9. The topological polar surface area (TPSA) is 69.7 Å². The molecule has 0 spiro atoms. The van der Waals surface area contributed by atoms with Crippen LogP contribution in [0.4, 0.5) is 0 Å². The smallest absolute Gasteiger partial charge is 0.306 e. The molecule has 60 heavy (non-hydrogen) atoms. The van der Waals surface area contributed by atoms with Crippen LogP contribution in [0.1, 0.15) is 259 Å². The Labute approximate surface area is 374 Å². The lowest BCUT2D eigenvalue weighted by atomic mass is 9.48. The number of Topliss-reactive ketones (excluding diaryl/α,β-unsaturated/α-hetero) is 1. The first-order chi connectivity index (χ1) is 29.2. The van der Waals surface area contributed by atoms with Crippen LogP contribution in [0.3, 0.4) is 0 Å². The van der Waals surface area contributed by atoms with Crippen LogP contribution >= 0.6 is 11.8 Å². The molecule has 1 unspecified atom stereocenters. The van der Waals surface area contributed by atoms with E-state index in [-0.39, 0.29) is 29.4 Å². The van der Waals surface area contributed by atoms with Crippen LogP contribution in [0.25, 0.3) is 0 Å². The molecule has 5 nitrogen and oxygen atoms in total. The molecular weight excluding hydrogens is 761 g/mol. The minimum Gasteiger partial charge on any atom is -0.462 e. The number of allylic oxidation sites excluding steroid dienone is 2. The first kappa shape index (κ1) is 51.3. The van der Waals surface area contributed by atoms with Gasteiger partial charge >= 0.3 is 11.9 Å². The van der Waals surface area contributed by atoms with Crippen molar-refractivity contribution in [2.75, 3.05) is 12.4 Å². The molecule has 0 amide bonds. The molecule has 3 saturated carbocycles. The molecule has 0 radical (unpaired) electrons. The largest absolute Gasteiger partial charge is 0.462 e. The lowest BCUT2D eigenvalue weighted by Crippen LogP contribution is -2.50. The summed E-state index contributed by atoms with van der Waals surface area (Å²) in [4.78, 5) is 38.9. The number of carbonyl (C=O) groups is 3. The first-order valence-corrected chi connectivity index (χ1v) is 27.5. The summed E-state index contributed by atoms with van der Waals surface area (Å²) in [6.45, 7) is 9.54. The zero-order valence-corrected chi connectivity index (χ0v) is 40.6. The molecule has 4 rings (SSSR count). The van der Waals surface area contributed by atoms with E-state index in [1.165, 1.54) is 161 Å². The maximum atomic E-state index is 13.1. The average Bonchev–Trinajstić information content (AvgIpc) is 3.55. The van der Waals surface area contributed by atoms with Gasteiger partial charge in [-0.3, -0.25) is 14.4 Å². The van der Waals surface area contributed by atoms with Crippen LogP contribution in [0, 0.1) is 28.6 Å². The molecule has 0 aliphatic heterocycles. The Balaban J connectivity index is 1.15. The first-order valence-electron chi connectivity index (χ1n) is 26.4. The van der Waals surface area contributed by atoms with Gasteiger partial charge in [-0.1, -0.05) is 193 Å². The second-order valence-corrected chi connectivity index (χ2v) is 22.0. The second-order valence-electron chi connectivity index (χ2n) is 20.7. The number of fused-ring (bicyclic) bond motifs is 5. The maximum Gasteiger partial charge on any atom is 0.306 e. The van der Waals surface area contributed by atoms with Gasteiger partial charge in [-0.25, -0.2) is 0 Å². The van der Waals surface area contributed by atoms with Gasteiger partial charge in [0.15, 0.2) is 0 Å². The molecule has 0 saturated heterocycles. The Morgan fingerprint density at radius 3 is 1.63 bits per heavy atom. The number of hydrogen-bond acceptors (Lipinski definition) is 6. The third-order valence-electron chi connectivity index (χ3n) is 16.0. The number of ketones is 1. The van der Waals surface area contributed by atoms with Crippen LogP contribution in [-0.2, 0) is 23.9 Å². The van der Waals surface area contributed by atoms with Gasteiger partial charge in [0.05, 0.1) is 0 Å². The highest BCUT2D eigenvalue weighted by molar-refractivity contribution is 7.99. The Hall–Kier alpha value is -1.30. The standard InChI is InChI=1S/C54H94O5S/c1-5-7-9-11-13-15-17-19-21-23-25-27-29-31-51(56)58-42-45(59-52(57)32-30-28-26-24-22-20-18-16-14-12-10-8-6-2)43-60-46-37-39-53(3)44(41-46)33-34-47-48-35-36-50(55)54(48,4)40-38-49(47)53/h33,45-49H,5-32,34-43H2,1-4H3/t45?,46-,47-,48-,49-,53-,54-/m0/s1. The molecule has 0 aromatic heterocycles. The van der Waals surface area contributed by atoms with Crippen LogP contribution < -0.4 is 0 Å². The fourth-order valence-corrected chi connectivity index (χ4v) is 13.2. The normalized spacial score (nSPS) is 26.5. The van der Waals surface area contributed by atoms with Crippen molar-refractivity contribution < 1.29 is 23.9 Å². The molecular formula is C54H94O5S. The van der Waals surface area contributed by atoms with Gasteiger partial charge in [-0.05, 0) is 81.0 Å². The Bertz CT molecular complexity index is 1250. The number of carbonyl (C=O) groups excluding carboxylic acids is 3. The number of esters is 2. The lowest BCUT2D eigenvalue weighted by molar-refractivity contribution is -0.157. The lowest BCUT2D eigenvalue weighted by Gasteiger charge is -2.57. The molecule has 7 atom stereocenters. The van der Waals surface area contributed by atoms with Crippen LogP contribution in [0.15, 0.2) is 11.6 Å². The fourth-order valence-electron chi connectivity index (χ4n) is 12.0. The quantitative estimate of drug-likeness (QED) is 0.0365. The zero-order valence-electron chi connectivity index (χ0n) is 39.8. The summed E-state index contributed by atoms with van der Waals surface area (Å²) in [5.41, 5.74) is 1.81. The summed E-state index contributed by atoms with van der Waals surface area (Å²) in [6, 6.07) is 0. The number of thioether (sulfide) groups is 1. The summed E-state index contributed by atoms with van der Waals surface area (Å²) >= 11 is 1.93. The van der Waals surface area contributed by atoms with E-state index >= 15 is 0 Å². The summed E-state index contributed by atoms with van der Waals surface area (Å²) in [5.74, 6) is 2.83. The Morgan fingerprint density at radius 1 is 0.633 bits per heavy atom. The summed E-state index contributed by atoms with van der Waals surface area (Å²) in [5, 5.41) is 0.492.